The maximum atomic E-state index is 12.7. The van der Waals surface area contributed by atoms with Gasteiger partial charge in [0.2, 0.25) is 4.90 Å². The fraction of sp³-hybridized carbons (Fsp3) is 0.286. The lowest BCUT2D eigenvalue weighted by Crippen LogP contribution is -2.33. The maximum Gasteiger partial charge on any atom is 0.392 e. The van der Waals surface area contributed by atoms with Gasteiger partial charge in [0.1, 0.15) is 10.6 Å². The number of sulfonamides is 1. The lowest BCUT2D eigenvalue weighted by molar-refractivity contribution is -0.139. The van der Waals surface area contributed by atoms with Gasteiger partial charge in [-0.25, -0.2) is 13.1 Å². The van der Waals surface area contributed by atoms with E-state index in [0.29, 0.717) is 0 Å². The Balaban J connectivity index is 1.87. The van der Waals surface area contributed by atoms with Crippen LogP contribution in [0.1, 0.15) is 35.2 Å². The number of nitrogens with two attached hydrogens (primary N) is 1. The summed E-state index contributed by atoms with van der Waals surface area (Å²) < 4.78 is 91.3. The number of carbonyl (C=O) groups excluding carboxylic acids is 1. The van der Waals surface area contributed by atoms with Gasteiger partial charge in [-0.1, -0.05) is 24.0 Å². The minimum absolute atomic E-state index is 0.108. The highest BCUT2D eigenvalue weighted by Gasteiger charge is 2.34. The molecule has 1 atom stereocenters. The van der Waals surface area contributed by atoms with Crippen LogP contribution < -0.4 is 14.6 Å². The van der Waals surface area contributed by atoms with Crippen LogP contribution in [0.4, 0.5) is 13.2 Å². The SMILES string of the molecule is N[S+](=O)(O)c1ccccc1S(=O)(=O)NC(=O)c1ccc(C#CC2CC2)c(OCCC(F)(F)F)c1. The Morgan fingerprint density at radius 1 is 1.24 bits per heavy atom. The van der Waals surface area contributed by atoms with Crippen molar-refractivity contribution in [3.63, 3.8) is 0 Å². The van der Waals surface area contributed by atoms with Crippen molar-refractivity contribution in [1.82, 2.24) is 4.72 Å². The Kier molecular flexibility index (Phi) is 7.37. The first-order valence-electron chi connectivity index (χ1n) is 9.82. The maximum absolute atomic E-state index is 12.7. The second-order valence-electron chi connectivity index (χ2n) is 7.42. The van der Waals surface area contributed by atoms with Crippen LogP contribution in [0.5, 0.6) is 5.75 Å². The molecule has 1 aliphatic carbocycles. The first-order chi connectivity index (χ1) is 15.8. The molecule has 0 heterocycles. The summed E-state index contributed by atoms with van der Waals surface area (Å²) in [4.78, 5) is 11.4. The second-order valence-corrected chi connectivity index (χ2v) is 10.6. The van der Waals surface area contributed by atoms with E-state index < -0.39 is 55.3 Å². The molecule has 2 aromatic rings. The highest BCUT2D eigenvalue weighted by atomic mass is 32.3. The van der Waals surface area contributed by atoms with Crippen molar-refractivity contribution in [3.05, 3.63) is 53.6 Å². The molecule has 1 aliphatic rings. The van der Waals surface area contributed by atoms with Crippen molar-refractivity contribution in [2.24, 2.45) is 11.1 Å². The van der Waals surface area contributed by atoms with Crippen molar-refractivity contribution in [3.8, 4) is 17.6 Å². The molecule has 0 spiro atoms. The molecule has 1 saturated carbocycles. The van der Waals surface area contributed by atoms with E-state index >= 15 is 0 Å². The van der Waals surface area contributed by atoms with Crippen molar-refractivity contribution < 1.29 is 39.9 Å². The zero-order valence-corrected chi connectivity index (χ0v) is 19.1. The van der Waals surface area contributed by atoms with Gasteiger partial charge >= 0.3 is 16.6 Å². The number of hydrogen-bond acceptors (Lipinski definition) is 5. The Morgan fingerprint density at radius 3 is 2.53 bits per heavy atom. The first-order valence-corrected chi connectivity index (χ1v) is 12.9. The first kappa shape index (κ1) is 25.7. The number of benzene rings is 2. The Labute approximate surface area is 195 Å². The van der Waals surface area contributed by atoms with Gasteiger partial charge in [-0.3, -0.25) is 4.79 Å². The molecule has 0 saturated heterocycles. The van der Waals surface area contributed by atoms with Gasteiger partial charge in [-0.2, -0.15) is 17.7 Å². The minimum atomic E-state index is -4.63. The standard InChI is InChI=1S/C21H19F3N2O6S2/c22-21(23,24)11-12-32-17-13-16(10-9-15(17)8-7-14-5-6-14)20(27)26-34(30,31)19-4-2-1-3-18(19)33(25,28)29/h1-4,9-10,13-14H,5-6,11-12H2,(H3-,25,26,27,28,29)/p+1. The molecule has 34 heavy (non-hydrogen) atoms. The van der Waals surface area contributed by atoms with E-state index in [-0.39, 0.29) is 22.8 Å². The summed E-state index contributed by atoms with van der Waals surface area (Å²) in [5.41, 5.74) is 0.0134. The molecule has 182 valence electrons. The number of nitrogens with one attached hydrogen (secondary N) is 1. The van der Waals surface area contributed by atoms with Crippen LogP contribution in [0.3, 0.4) is 0 Å². The molecule has 0 aliphatic heterocycles. The molecule has 2 aromatic carbocycles. The molecule has 13 heteroatoms. The summed E-state index contributed by atoms with van der Waals surface area (Å²) in [6, 6.07) is 8.26. The largest absolute Gasteiger partial charge is 0.492 e. The van der Waals surface area contributed by atoms with Crippen LogP contribution in [-0.2, 0) is 24.6 Å². The average molecular weight is 518 g/mol. The highest BCUT2D eigenvalue weighted by molar-refractivity contribution is 7.96. The van der Waals surface area contributed by atoms with Gasteiger partial charge in [-0.15, -0.1) is 5.14 Å². The molecular formula is C21H20F3N2O6S2+. The molecule has 0 bridgehead atoms. The quantitative estimate of drug-likeness (QED) is 0.382. The average Bonchev–Trinajstić information content (AvgIpc) is 3.55. The van der Waals surface area contributed by atoms with Gasteiger partial charge in [0, 0.05) is 11.5 Å². The zero-order valence-electron chi connectivity index (χ0n) is 17.5. The van der Waals surface area contributed by atoms with Gasteiger partial charge in [0.05, 0.1) is 18.6 Å². The predicted octanol–water partition coefficient (Wildman–Crippen LogP) is 3.10. The van der Waals surface area contributed by atoms with E-state index in [1.54, 1.807) is 4.72 Å². The summed E-state index contributed by atoms with van der Waals surface area (Å²) in [5.74, 6) is 4.69. The Morgan fingerprint density at radius 2 is 1.91 bits per heavy atom. The van der Waals surface area contributed by atoms with E-state index in [4.69, 9.17) is 9.88 Å². The van der Waals surface area contributed by atoms with Crippen LogP contribution in [0.15, 0.2) is 52.3 Å². The minimum Gasteiger partial charge on any atom is -0.492 e. The third-order valence-electron chi connectivity index (χ3n) is 4.56. The molecule has 0 aromatic heterocycles. The molecule has 0 radical (unpaired) electrons. The third kappa shape index (κ3) is 7.04. The van der Waals surface area contributed by atoms with Gasteiger partial charge in [0.25, 0.3) is 15.9 Å². The Hall–Kier alpha value is -2.92. The lowest BCUT2D eigenvalue weighted by Gasteiger charge is -2.12. The molecule has 1 amide bonds. The van der Waals surface area contributed by atoms with Crippen LogP contribution in [0.25, 0.3) is 0 Å². The van der Waals surface area contributed by atoms with Gasteiger partial charge < -0.3 is 4.74 Å². The summed E-state index contributed by atoms with van der Waals surface area (Å²) in [6.45, 7) is -0.723. The Bertz CT molecular complexity index is 1310. The van der Waals surface area contributed by atoms with Crippen molar-refractivity contribution in [2.45, 2.75) is 35.2 Å². The number of alkyl halides is 3. The van der Waals surface area contributed by atoms with Crippen molar-refractivity contribution >= 4 is 26.3 Å². The van der Waals surface area contributed by atoms with E-state index in [1.165, 1.54) is 24.3 Å². The van der Waals surface area contributed by atoms with Gasteiger partial charge in [0.15, 0.2) is 0 Å². The fourth-order valence-electron chi connectivity index (χ4n) is 2.72. The topological polar surface area (TPSA) is 136 Å². The molecular weight excluding hydrogens is 497 g/mol. The van der Waals surface area contributed by atoms with Crippen molar-refractivity contribution in [2.75, 3.05) is 6.61 Å². The van der Waals surface area contributed by atoms with Gasteiger partial charge in [-0.05, 0) is 47.4 Å². The molecule has 1 unspecified atom stereocenters. The number of ether oxygens (including phenoxy) is 1. The van der Waals surface area contributed by atoms with Crippen LogP contribution >= 0.6 is 0 Å². The number of carbonyl (C=O) groups is 1. The molecule has 8 nitrogen and oxygen atoms in total. The van der Waals surface area contributed by atoms with E-state index in [2.05, 4.69) is 11.8 Å². The predicted molar refractivity (Wildman–Crippen MR) is 116 cm³/mol. The number of hydrogen-bond donors (Lipinski definition) is 3. The van der Waals surface area contributed by atoms with Crippen LogP contribution in [0, 0.1) is 17.8 Å². The number of halogens is 3. The molecule has 1 fully saturated rings. The monoisotopic (exact) mass is 517 g/mol. The lowest BCUT2D eigenvalue weighted by atomic mass is 10.1. The normalized spacial score (nSPS) is 15.6. The van der Waals surface area contributed by atoms with E-state index in [1.807, 2.05) is 0 Å². The summed E-state index contributed by atoms with van der Waals surface area (Å²) in [5, 5.41) is 5.16. The zero-order chi connectivity index (χ0) is 25.1. The van der Waals surface area contributed by atoms with Crippen molar-refractivity contribution in [1.29, 1.82) is 0 Å². The summed E-state index contributed by atoms with van der Waals surface area (Å²) in [6.07, 6.45) is -3.85. The summed E-state index contributed by atoms with van der Waals surface area (Å²) >= 11 is 0. The van der Waals surface area contributed by atoms with Crippen LogP contribution in [-0.4, -0.2) is 31.7 Å². The fourth-order valence-corrected chi connectivity index (χ4v) is 5.10. The third-order valence-corrected chi connectivity index (χ3v) is 7.06. The summed E-state index contributed by atoms with van der Waals surface area (Å²) in [7, 11) is -8.80. The van der Waals surface area contributed by atoms with E-state index in [0.717, 1.165) is 31.0 Å². The molecule has 4 N–H and O–H groups in total. The van der Waals surface area contributed by atoms with Crippen LogP contribution in [0.2, 0.25) is 0 Å². The highest BCUT2D eigenvalue weighted by Crippen LogP contribution is 2.29. The second kappa shape index (κ2) is 9.75. The number of amides is 1. The van der Waals surface area contributed by atoms with E-state index in [9.17, 15) is 35.1 Å². The smallest absolute Gasteiger partial charge is 0.392 e. The molecule has 3 rings (SSSR count). The number of rotatable bonds is 7.